The summed E-state index contributed by atoms with van der Waals surface area (Å²) in [4.78, 5) is 13.8. The molecule has 2 aromatic heterocycles. The fourth-order valence-corrected chi connectivity index (χ4v) is 2.60. The maximum absolute atomic E-state index is 12.0. The molecule has 0 aromatic carbocycles. The zero-order chi connectivity index (χ0) is 16.1. The molecule has 0 bridgehead atoms. The van der Waals surface area contributed by atoms with E-state index in [0.717, 1.165) is 12.8 Å². The van der Waals surface area contributed by atoms with Crippen LogP contribution < -0.4 is 5.32 Å². The predicted octanol–water partition coefficient (Wildman–Crippen LogP) is 1.86. The molecule has 1 aliphatic heterocycles. The molecule has 3 heterocycles. The van der Waals surface area contributed by atoms with Crippen molar-refractivity contribution in [1.29, 1.82) is 0 Å². The van der Waals surface area contributed by atoms with Crippen LogP contribution >= 0.6 is 0 Å². The molecule has 2 aromatic rings. The number of hydrogen-bond acceptors (Lipinski definition) is 6. The molecule has 0 unspecified atom stereocenters. The molecule has 0 atom stereocenters. The summed E-state index contributed by atoms with van der Waals surface area (Å²) in [7, 11) is 1.61. The van der Waals surface area contributed by atoms with Crippen LogP contribution in [0.4, 0.5) is 4.79 Å². The second-order valence-electron chi connectivity index (χ2n) is 5.41. The van der Waals surface area contributed by atoms with Gasteiger partial charge in [0.1, 0.15) is 0 Å². The Hall–Kier alpha value is -2.35. The minimum atomic E-state index is -0.0534. The molecule has 0 spiro atoms. The first-order chi connectivity index (χ1) is 11.3. The van der Waals surface area contributed by atoms with Crippen LogP contribution in [0.2, 0.25) is 0 Å². The standard InChI is InChI=1S/C15H20N4O4/c1-21-10-6-16-15(20)19-7-4-11(5-8-19)13-17-18-14(23-13)12-3-2-9-22-12/h2-3,9,11H,4-8,10H2,1H3,(H,16,20). The molecule has 1 aliphatic rings. The molecule has 1 saturated heterocycles. The van der Waals surface area contributed by atoms with E-state index in [4.69, 9.17) is 13.6 Å². The number of piperidine rings is 1. The number of ether oxygens (including phenoxy) is 1. The van der Waals surface area contributed by atoms with Crippen LogP contribution in [0.1, 0.15) is 24.7 Å². The Bertz CT molecular complexity index is 617. The highest BCUT2D eigenvalue weighted by Crippen LogP contribution is 2.29. The van der Waals surface area contributed by atoms with Crippen molar-refractivity contribution in [2.45, 2.75) is 18.8 Å². The van der Waals surface area contributed by atoms with Crippen molar-refractivity contribution >= 4 is 6.03 Å². The van der Waals surface area contributed by atoms with Gasteiger partial charge in [-0.3, -0.25) is 0 Å². The molecule has 0 radical (unpaired) electrons. The first kappa shape index (κ1) is 15.5. The third kappa shape index (κ3) is 3.70. The Morgan fingerprint density at radius 2 is 2.26 bits per heavy atom. The highest BCUT2D eigenvalue weighted by Gasteiger charge is 2.27. The summed E-state index contributed by atoms with van der Waals surface area (Å²) in [6.45, 7) is 2.37. The van der Waals surface area contributed by atoms with Crippen molar-refractivity contribution < 1.29 is 18.4 Å². The van der Waals surface area contributed by atoms with E-state index in [9.17, 15) is 4.79 Å². The number of carbonyl (C=O) groups is 1. The van der Waals surface area contributed by atoms with E-state index in [1.54, 1.807) is 30.4 Å². The minimum absolute atomic E-state index is 0.0534. The van der Waals surface area contributed by atoms with Crippen molar-refractivity contribution in [3.8, 4) is 11.7 Å². The number of rotatable bonds is 5. The highest BCUT2D eigenvalue weighted by atomic mass is 16.5. The summed E-state index contributed by atoms with van der Waals surface area (Å²) in [5.41, 5.74) is 0. The molecule has 1 fully saturated rings. The first-order valence-corrected chi connectivity index (χ1v) is 7.67. The number of carbonyl (C=O) groups excluding carboxylic acids is 1. The number of amides is 2. The average Bonchev–Trinajstić information content (AvgIpc) is 3.26. The molecule has 0 aliphatic carbocycles. The molecule has 0 saturated carbocycles. The van der Waals surface area contributed by atoms with Gasteiger partial charge in [-0.1, -0.05) is 0 Å². The lowest BCUT2D eigenvalue weighted by Gasteiger charge is -2.30. The highest BCUT2D eigenvalue weighted by molar-refractivity contribution is 5.74. The number of urea groups is 1. The van der Waals surface area contributed by atoms with Gasteiger partial charge in [-0.15, -0.1) is 10.2 Å². The predicted molar refractivity (Wildman–Crippen MR) is 80.8 cm³/mol. The van der Waals surface area contributed by atoms with E-state index in [0.29, 0.717) is 43.8 Å². The zero-order valence-corrected chi connectivity index (χ0v) is 13.0. The van der Waals surface area contributed by atoms with Gasteiger partial charge in [0.2, 0.25) is 5.89 Å². The van der Waals surface area contributed by atoms with Gasteiger partial charge in [0, 0.05) is 32.7 Å². The minimum Gasteiger partial charge on any atom is -0.459 e. The van der Waals surface area contributed by atoms with Crippen molar-refractivity contribution in [3.05, 3.63) is 24.3 Å². The number of furan rings is 1. The Kier molecular flexibility index (Phi) is 4.92. The van der Waals surface area contributed by atoms with E-state index in [-0.39, 0.29) is 11.9 Å². The van der Waals surface area contributed by atoms with Crippen molar-refractivity contribution in [1.82, 2.24) is 20.4 Å². The number of nitrogens with zero attached hydrogens (tertiary/aromatic N) is 3. The van der Waals surface area contributed by atoms with Crippen LogP contribution in [-0.2, 0) is 4.74 Å². The Labute approximate surface area is 133 Å². The summed E-state index contributed by atoms with van der Waals surface area (Å²) in [5, 5.41) is 11.0. The lowest BCUT2D eigenvalue weighted by Crippen LogP contribution is -2.44. The fraction of sp³-hybridized carbons (Fsp3) is 0.533. The Morgan fingerprint density at radius 3 is 2.96 bits per heavy atom. The van der Waals surface area contributed by atoms with Gasteiger partial charge in [-0.25, -0.2) is 4.79 Å². The third-order valence-corrected chi connectivity index (χ3v) is 3.89. The molecule has 2 amide bonds. The van der Waals surface area contributed by atoms with Gasteiger partial charge in [-0.05, 0) is 25.0 Å². The van der Waals surface area contributed by atoms with Crippen molar-refractivity contribution in [3.63, 3.8) is 0 Å². The topological polar surface area (TPSA) is 93.6 Å². The first-order valence-electron chi connectivity index (χ1n) is 7.67. The van der Waals surface area contributed by atoms with Crippen LogP contribution in [-0.4, -0.2) is 54.5 Å². The second kappa shape index (κ2) is 7.28. The van der Waals surface area contributed by atoms with Gasteiger partial charge < -0.3 is 23.8 Å². The number of nitrogens with one attached hydrogen (secondary N) is 1. The van der Waals surface area contributed by atoms with Gasteiger partial charge >= 0.3 is 6.03 Å². The van der Waals surface area contributed by atoms with Crippen LogP contribution in [0, 0.1) is 0 Å². The summed E-state index contributed by atoms with van der Waals surface area (Å²) < 4.78 is 15.9. The van der Waals surface area contributed by atoms with Crippen LogP contribution in [0.3, 0.4) is 0 Å². The molecular formula is C15H20N4O4. The molecule has 1 N–H and O–H groups in total. The van der Waals surface area contributed by atoms with E-state index in [1.165, 1.54) is 0 Å². The molecule has 23 heavy (non-hydrogen) atoms. The lowest BCUT2D eigenvalue weighted by atomic mass is 9.97. The molecule has 124 valence electrons. The van der Waals surface area contributed by atoms with Crippen molar-refractivity contribution in [2.75, 3.05) is 33.4 Å². The van der Waals surface area contributed by atoms with Gasteiger partial charge in [0.05, 0.1) is 12.9 Å². The van der Waals surface area contributed by atoms with E-state index in [2.05, 4.69) is 15.5 Å². The molecule has 8 nitrogen and oxygen atoms in total. The second-order valence-corrected chi connectivity index (χ2v) is 5.41. The number of hydrogen-bond donors (Lipinski definition) is 1. The normalized spacial score (nSPS) is 15.8. The monoisotopic (exact) mass is 320 g/mol. The summed E-state index contributed by atoms with van der Waals surface area (Å²) in [5.74, 6) is 1.74. The summed E-state index contributed by atoms with van der Waals surface area (Å²) in [6.07, 6.45) is 3.18. The van der Waals surface area contributed by atoms with E-state index in [1.807, 2.05) is 0 Å². The molecule has 8 heteroatoms. The van der Waals surface area contributed by atoms with E-state index < -0.39 is 0 Å². The maximum Gasteiger partial charge on any atom is 0.317 e. The van der Waals surface area contributed by atoms with Gasteiger partial charge in [0.15, 0.2) is 5.76 Å². The quantitative estimate of drug-likeness (QED) is 0.845. The Balaban J connectivity index is 1.52. The maximum atomic E-state index is 12.0. The SMILES string of the molecule is COCCNC(=O)N1CCC(c2nnc(-c3ccco3)o2)CC1. The summed E-state index contributed by atoms with van der Waals surface area (Å²) in [6, 6.07) is 3.51. The number of likely N-dealkylation sites (tertiary alicyclic amines) is 1. The average molecular weight is 320 g/mol. The van der Waals surface area contributed by atoms with E-state index >= 15 is 0 Å². The van der Waals surface area contributed by atoms with Crippen LogP contribution in [0.5, 0.6) is 0 Å². The molecular weight excluding hydrogens is 300 g/mol. The number of aromatic nitrogens is 2. The van der Waals surface area contributed by atoms with Gasteiger partial charge in [0.25, 0.3) is 5.89 Å². The molecule has 3 rings (SSSR count). The third-order valence-electron chi connectivity index (χ3n) is 3.89. The van der Waals surface area contributed by atoms with Crippen LogP contribution in [0.15, 0.2) is 27.2 Å². The number of methoxy groups -OCH3 is 1. The fourth-order valence-electron chi connectivity index (χ4n) is 2.60. The summed E-state index contributed by atoms with van der Waals surface area (Å²) >= 11 is 0. The lowest BCUT2D eigenvalue weighted by molar-refractivity contribution is 0.166. The largest absolute Gasteiger partial charge is 0.459 e. The smallest absolute Gasteiger partial charge is 0.317 e. The van der Waals surface area contributed by atoms with Crippen LogP contribution in [0.25, 0.3) is 11.7 Å². The van der Waals surface area contributed by atoms with Crippen molar-refractivity contribution in [2.24, 2.45) is 0 Å². The zero-order valence-electron chi connectivity index (χ0n) is 13.0. The van der Waals surface area contributed by atoms with Gasteiger partial charge in [-0.2, -0.15) is 0 Å². The Morgan fingerprint density at radius 1 is 1.43 bits per heavy atom.